The minimum absolute atomic E-state index is 0.150. The number of benzene rings is 1. The molecule has 1 saturated heterocycles. The fraction of sp³-hybridized carbons (Fsp3) is 0.625. The molecule has 2 nitrogen and oxygen atoms in total. The van der Waals surface area contributed by atoms with Crippen molar-refractivity contribution in [3.63, 3.8) is 0 Å². The van der Waals surface area contributed by atoms with E-state index >= 15 is 0 Å². The van der Waals surface area contributed by atoms with Gasteiger partial charge in [0.15, 0.2) is 0 Å². The maximum Gasteiger partial charge on any atom is 0.123 e. The molecule has 0 radical (unpaired) electrons. The summed E-state index contributed by atoms with van der Waals surface area (Å²) in [5.74, 6) is 1.09. The van der Waals surface area contributed by atoms with Crippen LogP contribution in [0.4, 0.5) is 4.39 Å². The van der Waals surface area contributed by atoms with E-state index in [2.05, 4.69) is 17.1 Å². The van der Waals surface area contributed by atoms with Gasteiger partial charge in [0.1, 0.15) is 5.82 Å². The summed E-state index contributed by atoms with van der Waals surface area (Å²) in [6.45, 7) is 6.81. The first-order valence-electron chi connectivity index (χ1n) is 7.31. The topological polar surface area (TPSA) is 15.3 Å². The molecule has 3 heteroatoms. The molecular weight excluding hydrogens is 239 g/mol. The molecule has 0 aliphatic carbocycles. The monoisotopic (exact) mass is 264 g/mol. The summed E-state index contributed by atoms with van der Waals surface area (Å²) in [6, 6.07) is 6.95. The number of nitrogens with zero attached hydrogens (tertiary/aromatic N) is 1. The summed E-state index contributed by atoms with van der Waals surface area (Å²) >= 11 is 0. The minimum atomic E-state index is -0.150. The zero-order chi connectivity index (χ0) is 13.7. The molecular formula is C16H25FN2. The second kappa shape index (κ2) is 7.01. The maximum atomic E-state index is 12.9. The molecule has 1 aromatic rings. The number of hydrogen-bond donors (Lipinski definition) is 1. The molecule has 0 bridgehead atoms. The lowest BCUT2D eigenvalue weighted by molar-refractivity contribution is 0.167. The summed E-state index contributed by atoms with van der Waals surface area (Å²) in [6.07, 6.45) is 2.63. The molecule has 2 rings (SSSR count). The molecule has 1 fully saturated rings. The maximum absolute atomic E-state index is 12.9. The van der Waals surface area contributed by atoms with Crippen LogP contribution in [-0.4, -0.2) is 38.1 Å². The van der Waals surface area contributed by atoms with E-state index < -0.39 is 0 Å². The Labute approximate surface area is 116 Å². The smallest absolute Gasteiger partial charge is 0.123 e. The Morgan fingerprint density at radius 3 is 2.79 bits per heavy atom. The second-order valence-corrected chi connectivity index (χ2v) is 5.78. The first kappa shape index (κ1) is 14.5. The van der Waals surface area contributed by atoms with Gasteiger partial charge in [0, 0.05) is 13.1 Å². The van der Waals surface area contributed by atoms with Crippen molar-refractivity contribution >= 4 is 0 Å². The van der Waals surface area contributed by atoms with Gasteiger partial charge in [0.25, 0.3) is 0 Å². The Morgan fingerprint density at radius 2 is 2.11 bits per heavy atom. The highest BCUT2D eigenvalue weighted by Crippen LogP contribution is 2.21. The first-order chi connectivity index (χ1) is 9.19. The highest BCUT2D eigenvalue weighted by atomic mass is 19.1. The third-order valence-electron chi connectivity index (χ3n) is 4.07. The van der Waals surface area contributed by atoms with Crippen LogP contribution in [0.3, 0.4) is 0 Å². The lowest BCUT2D eigenvalue weighted by atomic mass is 9.95. The van der Waals surface area contributed by atoms with Crippen LogP contribution < -0.4 is 5.32 Å². The van der Waals surface area contributed by atoms with Crippen LogP contribution in [-0.2, 0) is 0 Å². The van der Waals surface area contributed by atoms with Gasteiger partial charge in [-0.25, -0.2) is 4.39 Å². The van der Waals surface area contributed by atoms with E-state index in [0.717, 1.165) is 19.0 Å². The second-order valence-electron chi connectivity index (χ2n) is 5.78. The van der Waals surface area contributed by atoms with Gasteiger partial charge in [-0.3, -0.25) is 0 Å². The third kappa shape index (κ3) is 4.29. The van der Waals surface area contributed by atoms with Crippen LogP contribution in [0.5, 0.6) is 0 Å². The van der Waals surface area contributed by atoms with Crippen molar-refractivity contribution < 1.29 is 4.39 Å². The van der Waals surface area contributed by atoms with Crippen LogP contribution >= 0.6 is 0 Å². The van der Waals surface area contributed by atoms with E-state index in [1.807, 2.05) is 19.2 Å². The van der Waals surface area contributed by atoms with Gasteiger partial charge < -0.3 is 10.2 Å². The molecule has 1 aliphatic heterocycles. The van der Waals surface area contributed by atoms with E-state index in [0.29, 0.717) is 5.92 Å². The molecule has 1 aliphatic rings. The van der Waals surface area contributed by atoms with Crippen LogP contribution in [0.1, 0.15) is 31.2 Å². The van der Waals surface area contributed by atoms with Crippen molar-refractivity contribution in [3.8, 4) is 0 Å². The van der Waals surface area contributed by atoms with Crippen molar-refractivity contribution in [1.29, 1.82) is 0 Å². The Balaban J connectivity index is 1.87. The number of nitrogens with one attached hydrogen (secondary N) is 1. The average molecular weight is 264 g/mol. The highest BCUT2D eigenvalue weighted by molar-refractivity contribution is 5.20. The predicted molar refractivity (Wildman–Crippen MR) is 77.9 cm³/mol. The first-order valence-corrected chi connectivity index (χ1v) is 7.31. The molecule has 2 unspecified atom stereocenters. The fourth-order valence-electron chi connectivity index (χ4n) is 3.06. The summed E-state index contributed by atoms with van der Waals surface area (Å²) < 4.78 is 12.9. The average Bonchev–Trinajstić information content (AvgIpc) is 2.40. The van der Waals surface area contributed by atoms with E-state index in [1.54, 1.807) is 12.1 Å². The lowest BCUT2D eigenvalue weighted by Gasteiger charge is -2.34. The van der Waals surface area contributed by atoms with Gasteiger partial charge in [0.05, 0.1) is 0 Å². The van der Waals surface area contributed by atoms with E-state index in [1.165, 1.54) is 31.5 Å². The summed E-state index contributed by atoms with van der Waals surface area (Å²) in [5.41, 5.74) is 1.23. The van der Waals surface area contributed by atoms with Crippen molar-refractivity contribution in [3.05, 3.63) is 35.6 Å². The Bertz CT molecular complexity index is 375. The largest absolute Gasteiger partial charge is 0.319 e. The van der Waals surface area contributed by atoms with E-state index in [4.69, 9.17) is 0 Å². The molecule has 1 N–H and O–H groups in total. The van der Waals surface area contributed by atoms with Gasteiger partial charge in [0.2, 0.25) is 0 Å². The van der Waals surface area contributed by atoms with Crippen molar-refractivity contribution in [1.82, 2.24) is 10.2 Å². The summed E-state index contributed by atoms with van der Waals surface area (Å²) in [4.78, 5) is 2.56. The summed E-state index contributed by atoms with van der Waals surface area (Å²) in [7, 11) is 2.03. The van der Waals surface area contributed by atoms with Gasteiger partial charge in [-0.1, -0.05) is 19.1 Å². The Kier molecular flexibility index (Phi) is 5.34. The predicted octanol–water partition coefficient (Wildman–Crippen LogP) is 2.86. The zero-order valence-corrected chi connectivity index (χ0v) is 12.0. The fourth-order valence-corrected chi connectivity index (χ4v) is 3.06. The number of likely N-dealkylation sites (tertiary alicyclic amines) is 1. The van der Waals surface area contributed by atoms with Crippen LogP contribution in [0.25, 0.3) is 0 Å². The lowest BCUT2D eigenvalue weighted by Crippen LogP contribution is -2.40. The molecule has 1 heterocycles. The number of rotatable bonds is 5. The number of hydrogen-bond acceptors (Lipinski definition) is 2. The quantitative estimate of drug-likeness (QED) is 0.879. The molecule has 106 valence electrons. The molecule has 1 aromatic carbocycles. The normalized spacial score (nSPS) is 22.4. The van der Waals surface area contributed by atoms with Gasteiger partial charge >= 0.3 is 0 Å². The van der Waals surface area contributed by atoms with Gasteiger partial charge in [-0.05, 0) is 62.5 Å². The Morgan fingerprint density at radius 1 is 1.37 bits per heavy atom. The molecule has 2 atom stereocenters. The molecule has 19 heavy (non-hydrogen) atoms. The zero-order valence-electron chi connectivity index (χ0n) is 12.0. The van der Waals surface area contributed by atoms with Crippen molar-refractivity contribution in [2.75, 3.05) is 33.2 Å². The van der Waals surface area contributed by atoms with Crippen LogP contribution in [0.2, 0.25) is 0 Å². The summed E-state index contributed by atoms with van der Waals surface area (Å²) in [5, 5.41) is 3.28. The van der Waals surface area contributed by atoms with Crippen molar-refractivity contribution in [2.24, 2.45) is 5.92 Å². The third-order valence-corrected chi connectivity index (χ3v) is 4.07. The van der Waals surface area contributed by atoms with Crippen LogP contribution in [0, 0.1) is 11.7 Å². The van der Waals surface area contributed by atoms with E-state index in [9.17, 15) is 4.39 Å². The number of halogens is 1. The van der Waals surface area contributed by atoms with Crippen molar-refractivity contribution in [2.45, 2.75) is 25.7 Å². The highest BCUT2D eigenvalue weighted by Gasteiger charge is 2.21. The minimum Gasteiger partial charge on any atom is -0.319 e. The van der Waals surface area contributed by atoms with Gasteiger partial charge in [-0.2, -0.15) is 0 Å². The van der Waals surface area contributed by atoms with Crippen LogP contribution in [0.15, 0.2) is 24.3 Å². The Hall–Kier alpha value is -0.930. The van der Waals surface area contributed by atoms with E-state index in [-0.39, 0.29) is 5.82 Å². The SMILES string of the molecule is CNCC1CCCN(CC(C)c2ccc(F)cc2)C1. The molecule has 0 amide bonds. The molecule has 0 saturated carbocycles. The molecule has 0 spiro atoms. The molecule has 0 aromatic heterocycles. The standard InChI is InChI=1S/C16H25FN2/c1-13(15-5-7-16(17)8-6-15)11-19-9-3-4-14(12-19)10-18-2/h5-8,13-14,18H,3-4,9-12H2,1-2H3. The van der Waals surface area contributed by atoms with Gasteiger partial charge in [-0.15, -0.1) is 0 Å². The number of piperidine rings is 1.